The van der Waals surface area contributed by atoms with Crippen LogP contribution in [0.15, 0.2) is 54.6 Å². The van der Waals surface area contributed by atoms with Gasteiger partial charge in [0.05, 0.1) is 12.1 Å². The number of rotatable bonds is 4. The van der Waals surface area contributed by atoms with Gasteiger partial charge in [0.15, 0.2) is 0 Å². The summed E-state index contributed by atoms with van der Waals surface area (Å²) in [5.74, 6) is 0. The molecule has 0 fully saturated rings. The van der Waals surface area contributed by atoms with Crippen molar-refractivity contribution in [2.45, 2.75) is 19.1 Å². The van der Waals surface area contributed by atoms with Crippen molar-refractivity contribution < 1.29 is 9.90 Å². The third-order valence-electron chi connectivity index (χ3n) is 3.08. The first-order valence-electron chi connectivity index (χ1n) is 6.62. The molecule has 110 valence electrons. The topological polar surface area (TPSA) is 61.4 Å². The maximum atomic E-state index is 11.9. The van der Waals surface area contributed by atoms with Crippen LogP contribution < -0.4 is 10.6 Å². The first kappa shape index (κ1) is 15.4. The molecule has 0 saturated heterocycles. The Bertz CT molecular complexity index is 587. The number of hydrogen-bond donors (Lipinski definition) is 3. The number of nitrogens with one attached hydrogen (secondary N) is 2. The molecule has 3 N–H and O–H groups in total. The van der Waals surface area contributed by atoms with Gasteiger partial charge in [-0.1, -0.05) is 41.9 Å². The Balaban J connectivity index is 1.92. The molecule has 0 radical (unpaired) electrons. The number of halogens is 1. The third-order valence-corrected chi connectivity index (χ3v) is 3.33. The molecule has 2 aromatic rings. The van der Waals surface area contributed by atoms with Crippen molar-refractivity contribution in [1.29, 1.82) is 0 Å². The van der Waals surface area contributed by atoms with Crippen molar-refractivity contribution in [3.8, 4) is 0 Å². The lowest BCUT2D eigenvalue weighted by molar-refractivity contribution is 0.139. The zero-order valence-corrected chi connectivity index (χ0v) is 12.3. The molecular formula is C16H17ClN2O2. The van der Waals surface area contributed by atoms with Crippen LogP contribution in [0, 0.1) is 0 Å². The highest BCUT2D eigenvalue weighted by atomic mass is 35.5. The van der Waals surface area contributed by atoms with Gasteiger partial charge < -0.3 is 15.7 Å². The molecule has 0 bridgehead atoms. The number of para-hydroxylation sites is 1. The molecule has 2 atom stereocenters. The van der Waals surface area contributed by atoms with Gasteiger partial charge in [-0.3, -0.25) is 0 Å². The Labute approximate surface area is 128 Å². The monoisotopic (exact) mass is 304 g/mol. The van der Waals surface area contributed by atoms with Crippen LogP contribution in [0.25, 0.3) is 0 Å². The van der Waals surface area contributed by atoms with Gasteiger partial charge in [0.25, 0.3) is 0 Å². The Kier molecular flexibility index (Phi) is 5.20. The van der Waals surface area contributed by atoms with Crippen LogP contribution in [0.5, 0.6) is 0 Å². The van der Waals surface area contributed by atoms with Gasteiger partial charge in [0.2, 0.25) is 0 Å². The van der Waals surface area contributed by atoms with Gasteiger partial charge in [0, 0.05) is 10.7 Å². The van der Waals surface area contributed by atoms with E-state index in [1.165, 1.54) is 0 Å². The number of carbonyl (C=O) groups is 1. The van der Waals surface area contributed by atoms with E-state index in [1.807, 2.05) is 18.2 Å². The first-order chi connectivity index (χ1) is 10.1. The number of urea groups is 1. The molecule has 2 amide bonds. The normalized spacial score (nSPS) is 13.3. The Morgan fingerprint density at radius 3 is 2.33 bits per heavy atom. The molecule has 0 saturated carbocycles. The van der Waals surface area contributed by atoms with Gasteiger partial charge in [0.1, 0.15) is 0 Å². The average Bonchev–Trinajstić information content (AvgIpc) is 2.48. The summed E-state index contributed by atoms with van der Waals surface area (Å²) in [6.07, 6.45) is -0.802. The van der Waals surface area contributed by atoms with Gasteiger partial charge in [-0.2, -0.15) is 0 Å². The molecular weight excluding hydrogens is 288 g/mol. The number of aliphatic hydroxyl groups is 1. The summed E-state index contributed by atoms with van der Waals surface area (Å²) in [7, 11) is 0. The minimum Gasteiger partial charge on any atom is -0.386 e. The van der Waals surface area contributed by atoms with Crippen LogP contribution in [-0.2, 0) is 0 Å². The minimum atomic E-state index is -0.802. The van der Waals surface area contributed by atoms with Gasteiger partial charge in [-0.25, -0.2) is 4.79 Å². The molecule has 0 aliphatic rings. The lowest BCUT2D eigenvalue weighted by Gasteiger charge is -2.21. The van der Waals surface area contributed by atoms with Crippen molar-refractivity contribution in [3.05, 3.63) is 65.2 Å². The number of benzene rings is 2. The number of anilines is 1. The van der Waals surface area contributed by atoms with Crippen molar-refractivity contribution in [2.24, 2.45) is 0 Å². The van der Waals surface area contributed by atoms with E-state index in [2.05, 4.69) is 10.6 Å². The second-order valence-corrected chi connectivity index (χ2v) is 5.19. The van der Waals surface area contributed by atoms with Crippen LogP contribution >= 0.6 is 11.6 Å². The highest BCUT2D eigenvalue weighted by molar-refractivity contribution is 6.30. The van der Waals surface area contributed by atoms with E-state index >= 15 is 0 Å². The SMILES string of the molecule is CC(NC(=O)Nc1ccccc1)C(O)c1ccc(Cl)cc1. The van der Waals surface area contributed by atoms with E-state index in [0.29, 0.717) is 16.3 Å². The molecule has 4 nitrogen and oxygen atoms in total. The summed E-state index contributed by atoms with van der Waals surface area (Å²) in [6.45, 7) is 1.74. The summed E-state index contributed by atoms with van der Waals surface area (Å²) < 4.78 is 0. The Morgan fingerprint density at radius 2 is 1.71 bits per heavy atom. The van der Waals surface area contributed by atoms with Crippen molar-refractivity contribution in [1.82, 2.24) is 5.32 Å². The number of aliphatic hydroxyl groups excluding tert-OH is 1. The quantitative estimate of drug-likeness (QED) is 0.808. The van der Waals surface area contributed by atoms with Crippen molar-refractivity contribution in [2.75, 3.05) is 5.32 Å². The van der Waals surface area contributed by atoms with Gasteiger partial charge in [-0.15, -0.1) is 0 Å². The van der Waals surface area contributed by atoms with E-state index in [4.69, 9.17) is 11.6 Å². The van der Waals surface area contributed by atoms with Crippen LogP contribution in [0.2, 0.25) is 5.02 Å². The molecule has 2 unspecified atom stereocenters. The van der Waals surface area contributed by atoms with Crippen molar-refractivity contribution >= 4 is 23.3 Å². The highest BCUT2D eigenvalue weighted by Gasteiger charge is 2.18. The summed E-state index contributed by atoms with van der Waals surface area (Å²) >= 11 is 5.81. The maximum absolute atomic E-state index is 11.9. The second-order valence-electron chi connectivity index (χ2n) is 4.75. The van der Waals surface area contributed by atoms with E-state index in [9.17, 15) is 9.90 Å². The Morgan fingerprint density at radius 1 is 1.10 bits per heavy atom. The number of amides is 2. The lowest BCUT2D eigenvalue weighted by atomic mass is 10.0. The van der Waals surface area contributed by atoms with Crippen LogP contribution in [0.1, 0.15) is 18.6 Å². The van der Waals surface area contributed by atoms with Gasteiger partial charge in [-0.05, 0) is 36.8 Å². The molecule has 2 aromatic carbocycles. The standard InChI is InChI=1S/C16H17ClN2O2/c1-11(15(20)12-7-9-13(17)10-8-12)18-16(21)19-14-5-3-2-4-6-14/h2-11,15,20H,1H3,(H2,18,19,21). The number of carbonyl (C=O) groups excluding carboxylic acids is 1. The molecule has 0 aliphatic heterocycles. The predicted molar refractivity (Wildman–Crippen MR) is 84.5 cm³/mol. The fraction of sp³-hybridized carbons (Fsp3) is 0.188. The summed E-state index contributed by atoms with van der Waals surface area (Å²) in [5.41, 5.74) is 1.40. The van der Waals surface area contributed by atoms with E-state index in [-0.39, 0.29) is 6.03 Å². The predicted octanol–water partition coefficient (Wildman–Crippen LogP) is 3.58. The van der Waals surface area contributed by atoms with Crippen molar-refractivity contribution in [3.63, 3.8) is 0 Å². The second kappa shape index (κ2) is 7.11. The fourth-order valence-electron chi connectivity index (χ4n) is 1.92. The zero-order valence-electron chi connectivity index (χ0n) is 11.6. The largest absolute Gasteiger partial charge is 0.386 e. The fourth-order valence-corrected chi connectivity index (χ4v) is 2.05. The molecule has 0 heterocycles. The van der Waals surface area contributed by atoms with E-state index < -0.39 is 12.1 Å². The van der Waals surface area contributed by atoms with Crippen LogP contribution in [0.4, 0.5) is 10.5 Å². The summed E-state index contributed by atoms with van der Waals surface area (Å²) in [4.78, 5) is 11.9. The average molecular weight is 305 g/mol. The highest BCUT2D eigenvalue weighted by Crippen LogP contribution is 2.19. The van der Waals surface area contributed by atoms with Crippen LogP contribution in [-0.4, -0.2) is 17.2 Å². The summed E-state index contributed by atoms with van der Waals surface area (Å²) in [5, 5.41) is 16.2. The molecule has 2 rings (SSSR count). The smallest absolute Gasteiger partial charge is 0.319 e. The summed E-state index contributed by atoms with van der Waals surface area (Å²) in [6, 6.07) is 15.2. The van der Waals surface area contributed by atoms with E-state index in [1.54, 1.807) is 43.3 Å². The van der Waals surface area contributed by atoms with E-state index in [0.717, 1.165) is 0 Å². The maximum Gasteiger partial charge on any atom is 0.319 e. The molecule has 21 heavy (non-hydrogen) atoms. The molecule has 0 aromatic heterocycles. The first-order valence-corrected chi connectivity index (χ1v) is 7.00. The van der Waals surface area contributed by atoms with Crippen LogP contribution in [0.3, 0.4) is 0 Å². The van der Waals surface area contributed by atoms with Gasteiger partial charge >= 0.3 is 6.03 Å². The lowest BCUT2D eigenvalue weighted by Crippen LogP contribution is -2.39. The Hall–Kier alpha value is -2.04. The minimum absolute atomic E-state index is 0.360. The molecule has 0 aliphatic carbocycles. The zero-order chi connectivity index (χ0) is 15.2. The molecule has 0 spiro atoms. The number of hydrogen-bond acceptors (Lipinski definition) is 2. The molecule has 5 heteroatoms. The third kappa shape index (κ3) is 4.48.